The summed E-state index contributed by atoms with van der Waals surface area (Å²) in [6.45, 7) is 2.42. The molecular formula is C28H27N3O4. The van der Waals surface area contributed by atoms with Gasteiger partial charge in [-0.2, -0.15) is 0 Å². The Labute approximate surface area is 203 Å². The van der Waals surface area contributed by atoms with Crippen molar-refractivity contribution in [1.82, 2.24) is 15.8 Å². The maximum atomic E-state index is 12.5. The van der Waals surface area contributed by atoms with Gasteiger partial charge in [-0.15, -0.1) is 0 Å². The minimum atomic E-state index is -0.141. The highest BCUT2D eigenvalue weighted by atomic mass is 16.5. The minimum Gasteiger partial charge on any atom is -0.497 e. The van der Waals surface area contributed by atoms with E-state index in [4.69, 9.17) is 9.26 Å². The summed E-state index contributed by atoms with van der Waals surface area (Å²) in [6, 6.07) is 19.4. The van der Waals surface area contributed by atoms with Gasteiger partial charge >= 0.3 is 0 Å². The standard InChI is InChI=1S/C28H27N3O4/c1-17-6-7-20(28(33)30-21-9-10-21)13-24(17)19-8-11-23-25(31-35-26(23)14-19)15-27(32)29-16-18-4-3-5-22(12-18)34-2/h3-8,11-14,21H,9-10,15-16H2,1-2H3,(H,29,32)(H,30,33). The third kappa shape index (κ3) is 5.19. The maximum absolute atomic E-state index is 12.5. The first kappa shape index (κ1) is 22.7. The van der Waals surface area contributed by atoms with Crippen molar-refractivity contribution in [2.45, 2.75) is 38.8 Å². The van der Waals surface area contributed by atoms with Crippen LogP contribution in [0.4, 0.5) is 0 Å². The molecule has 0 unspecified atom stereocenters. The second-order valence-electron chi connectivity index (χ2n) is 8.92. The molecule has 1 heterocycles. The third-order valence-electron chi connectivity index (χ3n) is 6.22. The Kier molecular flexibility index (Phi) is 6.23. The van der Waals surface area contributed by atoms with Gasteiger partial charge in [0.05, 0.1) is 13.5 Å². The maximum Gasteiger partial charge on any atom is 0.251 e. The average molecular weight is 470 g/mol. The van der Waals surface area contributed by atoms with E-state index in [1.165, 1.54) is 0 Å². The van der Waals surface area contributed by atoms with Crippen LogP contribution in [0.25, 0.3) is 22.1 Å². The van der Waals surface area contributed by atoms with Crippen molar-refractivity contribution in [3.8, 4) is 16.9 Å². The molecule has 178 valence electrons. The first-order valence-corrected chi connectivity index (χ1v) is 11.7. The molecule has 2 amide bonds. The smallest absolute Gasteiger partial charge is 0.251 e. The van der Waals surface area contributed by atoms with Gasteiger partial charge < -0.3 is 19.9 Å². The van der Waals surface area contributed by atoms with Crippen molar-refractivity contribution >= 4 is 22.8 Å². The highest BCUT2D eigenvalue weighted by Crippen LogP contribution is 2.30. The van der Waals surface area contributed by atoms with Crippen LogP contribution in [0.15, 0.2) is 65.2 Å². The Morgan fingerprint density at radius 2 is 1.94 bits per heavy atom. The highest BCUT2D eigenvalue weighted by Gasteiger charge is 2.24. The largest absolute Gasteiger partial charge is 0.497 e. The van der Waals surface area contributed by atoms with Crippen molar-refractivity contribution in [3.05, 3.63) is 83.0 Å². The van der Waals surface area contributed by atoms with Crippen molar-refractivity contribution in [2.24, 2.45) is 0 Å². The molecule has 1 fully saturated rings. The lowest BCUT2D eigenvalue weighted by atomic mass is 9.97. The van der Waals surface area contributed by atoms with Crippen LogP contribution in [0.5, 0.6) is 5.75 Å². The predicted octanol–water partition coefficient (Wildman–Crippen LogP) is 4.56. The van der Waals surface area contributed by atoms with Gasteiger partial charge in [0.1, 0.15) is 11.4 Å². The second kappa shape index (κ2) is 9.62. The van der Waals surface area contributed by atoms with Crippen LogP contribution >= 0.6 is 0 Å². The Hall–Kier alpha value is -4.13. The van der Waals surface area contributed by atoms with E-state index in [1.807, 2.05) is 67.6 Å². The van der Waals surface area contributed by atoms with E-state index in [1.54, 1.807) is 7.11 Å². The topological polar surface area (TPSA) is 93.5 Å². The number of carbonyl (C=O) groups is 2. The summed E-state index contributed by atoms with van der Waals surface area (Å²) in [7, 11) is 1.61. The van der Waals surface area contributed by atoms with Crippen LogP contribution < -0.4 is 15.4 Å². The monoisotopic (exact) mass is 469 g/mol. The van der Waals surface area contributed by atoms with Gasteiger partial charge in [0.25, 0.3) is 5.91 Å². The molecule has 0 atom stereocenters. The number of nitrogens with one attached hydrogen (secondary N) is 2. The quantitative estimate of drug-likeness (QED) is 0.395. The van der Waals surface area contributed by atoms with Gasteiger partial charge in [0.2, 0.25) is 5.91 Å². The molecule has 1 saturated carbocycles. The molecule has 1 aliphatic carbocycles. The van der Waals surface area contributed by atoms with E-state index < -0.39 is 0 Å². The molecule has 0 spiro atoms. The summed E-state index contributed by atoms with van der Waals surface area (Å²) in [6.07, 6.45) is 2.22. The summed E-state index contributed by atoms with van der Waals surface area (Å²) in [4.78, 5) is 25.0. The first-order valence-electron chi connectivity index (χ1n) is 11.7. The molecule has 0 bridgehead atoms. The van der Waals surface area contributed by atoms with E-state index in [9.17, 15) is 9.59 Å². The summed E-state index contributed by atoms with van der Waals surface area (Å²) < 4.78 is 10.8. The van der Waals surface area contributed by atoms with Crippen LogP contribution in [0.3, 0.4) is 0 Å². The SMILES string of the molecule is COc1cccc(CNC(=O)Cc2noc3cc(-c4cc(C(=O)NC5CC5)ccc4C)ccc23)c1. The number of carbonyl (C=O) groups excluding carboxylic acids is 2. The lowest BCUT2D eigenvalue weighted by Crippen LogP contribution is -2.25. The van der Waals surface area contributed by atoms with Crippen molar-refractivity contribution in [2.75, 3.05) is 7.11 Å². The number of ether oxygens (including phenoxy) is 1. The second-order valence-corrected chi connectivity index (χ2v) is 8.92. The zero-order chi connectivity index (χ0) is 24.4. The van der Waals surface area contributed by atoms with Crippen LogP contribution in [0.2, 0.25) is 0 Å². The number of amides is 2. The summed E-state index contributed by atoms with van der Waals surface area (Å²) in [5, 5.41) is 10.9. The molecule has 0 aliphatic heterocycles. The zero-order valence-corrected chi connectivity index (χ0v) is 19.8. The molecule has 1 aliphatic rings. The molecule has 0 saturated heterocycles. The molecule has 35 heavy (non-hydrogen) atoms. The number of nitrogens with zero attached hydrogens (tertiary/aromatic N) is 1. The fourth-order valence-electron chi connectivity index (χ4n) is 4.05. The highest BCUT2D eigenvalue weighted by molar-refractivity contribution is 5.96. The third-order valence-corrected chi connectivity index (χ3v) is 6.22. The van der Waals surface area contributed by atoms with Crippen LogP contribution in [0.1, 0.15) is 40.0 Å². The fourth-order valence-corrected chi connectivity index (χ4v) is 4.05. The summed E-state index contributed by atoms with van der Waals surface area (Å²) in [5.74, 6) is 0.563. The molecule has 4 aromatic rings. The van der Waals surface area contributed by atoms with Crippen LogP contribution in [-0.4, -0.2) is 30.1 Å². The number of rotatable bonds is 8. The number of methoxy groups -OCH3 is 1. The number of hydrogen-bond donors (Lipinski definition) is 2. The van der Waals surface area contributed by atoms with Gasteiger partial charge in [-0.1, -0.05) is 29.4 Å². The van der Waals surface area contributed by atoms with Gasteiger partial charge in [0, 0.05) is 23.5 Å². The van der Waals surface area contributed by atoms with E-state index >= 15 is 0 Å². The van der Waals surface area contributed by atoms with E-state index in [2.05, 4.69) is 15.8 Å². The Morgan fingerprint density at radius 1 is 1.09 bits per heavy atom. The first-order chi connectivity index (χ1) is 17.0. The predicted molar refractivity (Wildman–Crippen MR) is 133 cm³/mol. The van der Waals surface area contributed by atoms with Crippen molar-refractivity contribution < 1.29 is 18.8 Å². The molecule has 7 nitrogen and oxygen atoms in total. The van der Waals surface area contributed by atoms with Crippen LogP contribution in [-0.2, 0) is 17.8 Å². The molecule has 0 radical (unpaired) electrons. The zero-order valence-electron chi connectivity index (χ0n) is 19.8. The Balaban J connectivity index is 1.30. The molecular weight excluding hydrogens is 442 g/mol. The lowest BCUT2D eigenvalue weighted by molar-refractivity contribution is -0.120. The summed E-state index contributed by atoms with van der Waals surface area (Å²) in [5.41, 5.74) is 5.74. The van der Waals surface area contributed by atoms with E-state index in [0.717, 1.165) is 46.2 Å². The number of aryl methyl sites for hydroxylation is 1. The van der Waals surface area contributed by atoms with E-state index in [0.29, 0.717) is 29.4 Å². The van der Waals surface area contributed by atoms with Gasteiger partial charge in [-0.05, 0) is 78.4 Å². The molecule has 5 rings (SSSR count). The van der Waals surface area contributed by atoms with Crippen molar-refractivity contribution in [3.63, 3.8) is 0 Å². The Bertz CT molecular complexity index is 1400. The van der Waals surface area contributed by atoms with Gasteiger partial charge in [-0.3, -0.25) is 9.59 Å². The fraction of sp³-hybridized carbons (Fsp3) is 0.250. The number of aromatic nitrogens is 1. The Morgan fingerprint density at radius 3 is 2.74 bits per heavy atom. The van der Waals surface area contributed by atoms with Crippen molar-refractivity contribution in [1.29, 1.82) is 0 Å². The van der Waals surface area contributed by atoms with Gasteiger partial charge in [-0.25, -0.2) is 0 Å². The molecule has 7 heteroatoms. The molecule has 2 N–H and O–H groups in total. The molecule has 1 aromatic heterocycles. The minimum absolute atomic E-state index is 0.0447. The van der Waals surface area contributed by atoms with Gasteiger partial charge in [0.15, 0.2) is 5.58 Å². The number of hydrogen-bond acceptors (Lipinski definition) is 5. The normalized spacial score (nSPS) is 13.0. The lowest BCUT2D eigenvalue weighted by Gasteiger charge is -2.10. The average Bonchev–Trinajstić information content (AvgIpc) is 3.61. The number of fused-ring (bicyclic) bond motifs is 1. The van der Waals surface area contributed by atoms with E-state index in [-0.39, 0.29) is 18.2 Å². The molecule has 3 aromatic carbocycles. The van der Waals surface area contributed by atoms with Crippen LogP contribution in [0, 0.1) is 6.92 Å². The summed E-state index contributed by atoms with van der Waals surface area (Å²) >= 11 is 0. The number of benzene rings is 3.